The molecule has 2 aliphatic heterocycles. The maximum absolute atomic E-state index is 9.26. The van der Waals surface area contributed by atoms with Gasteiger partial charge < -0.3 is 9.80 Å². The van der Waals surface area contributed by atoms with E-state index in [0.29, 0.717) is 28.0 Å². The number of anilines is 2. The van der Waals surface area contributed by atoms with Gasteiger partial charge >= 0.3 is 0 Å². The Hall–Kier alpha value is -2.18. The number of benzene rings is 2. The maximum atomic E-state index is 9.26. The summed E-state index contributed by atoms with van der Waals surface area (Å²) in [5, 5.41) is 9.86. The first-order chi connectivity index (χ1) is 14.3. The highest BCUT2D eigenvalue weighted by molar-refractivity contribution is 6.32. The first kappa shape index (κ1) is 21.1. The monoisotopic (exact) mass is 421 g/mol. The van der Waals surface area contributed by atoms with E-state index in [4.69, 9.17) is 11.6 Å². The number of halogens is 1. The van der Waals surface area contributed by atoms with Gasteiger partial charge in [0.2, 0.25) is 0 Å². The molecule has 0 saturated carbocycles. The van der Waals surface area contributed by atoms with Gasteiger partial charge in [-0.1, -0.05) is 37.6 Å². The second kappa shape index (κ2) is 8.16. The fourth-order valence-corrected chi connectivity index (χ4v) is 5.59. The number of hydrogen-bond acceptors (Lipinski definition) is 3. The van der Waals surface area contributed by atoms with Gasteiger partial charge in [0, 0.05) is 37.1 Å². The molecule has 0 aliphatic carbocycles. The summed E-state index contributed by atoms with van der Waals surface area (Å²) in [5.41, 5.74) is 5.92. The van der Waals surface area contributed by atoms with E-state index in [1.807, 2.05) is 13.0 Å². The molecule has 0 bridgehead atoms. The predicted molar refractivity (Wildman–Crippen MR) is 127 cm³/mol. The SMILES string of the molecule is Cc1c(N2CC3(CCN(c4ccc(C(C)C)cc4)CC3)CC2C)ccc(C#N)c1Cl. The molecule has 2 aromatic rings. The topological polar surface area (TPSA) is 30.3 Å². The molecular formula is C26H32ClN3. The van der Waals surface area contributed by atoms with E-state index in [1.54, 1.807) is 0 Å². The summed E-state index contributed by atoms with van der Waals surface area (Å²) in [4.78, 5) is 5.07. The van der Waals surface area contributed by atoms with Crippen molar-refractivity contribution in [2.24, 2.45) is 5.41 Å². The Kier molecular flexibility index (Phi) is 5.73. The molecule has 0 aromatic heterocycles. The molecule has 2 fully saturated rings. The number of piperidine rings is 1. The van der Waals surface area contributed by atoms with E-state index < -0.39 is 0 Å². The third kappa shape index (κ3) is 3.79. The lowest BCUT2D eigenvalue weighted by molar-refractivity contribution is 0.245. The van der Waals surface area contributed by atoms with Crippen molar-refractivity contribution in [3.05, 3.63) is 58.1 Å². The average Bonchev–Trinajstić information content (AvgIpc) is 3.06. The highest BCUT2D eigenvalue weighted by atomic mass is 35.5. The molecule has 0 N–H and O–H groups in total. The van der Waals surface area contributed by atoms with Crippen LogP contribution in [0.5, 0.6) is 0 Å². The van der Waals surface area contributed by atoms with Crippen LogP contribution in [-0.4, -0.2) is 25.7 Å². The molecule has 2 aliphatic rings. The minimum absolute atomic E-state index is 0.376. The van der Waals surface area contributed by atoms with Gasteiger partial charge in [-0.2, -0.15) is 5.26 Å². The number of nitriles is 1. The van der Waals surface area contributed by atoms with Gasteiger partial charge in [-0.3, -0.25) is 0 Å². The lowest BCUT2D eigenvalue weighted by Crippen LogP contribution is -2.41. The molecule has 2 saturated heterocycles. The van der Waals surface area contributed by atoms with Crippen molar-refractivity contribution in [2.75, 3.05) is 29.4 Å². The molecule has 0 amide bonds. The van der Waals surface area contributed by atoms with Crippen molar-refractivity contribution >= 4 is 23.0 Å². The third-order valence-electron chi connectivity index (χ3n) is 7.30. The summed E-state index contributed by atoms with van der Waals surface area (Å²) >= 11 is 6.46. The first-order valence-corrected chi connectivity index (χ1v) is 11.5. The van der Waals surface area contributed by atoms with Crippen LogP contribution in [0.2, 0.25) is 5.02 Å². The zero-order valence-electron chi connectivity index (χ0n) is 18.6. The third-order valence-corrected chi connectivity index (χ3v) is 7.79. The second-order valence-electron chi connectivity index (χ2n) is 9.60. The Morgan fingerprint density at radius 1 is 1.10 bits per heavy atom. The van der Waals surface area contributed by atoms with Gasteiger partial charge in [0.05, 0.1) is 10.6 Å². The van der Waals surface area contributed by atoms with Crippen LogP contribution in [0.15, 0.2) is 36.4 Å². The normalized spacial score (nSPS) is 20.8. The van der Waals surface area contributed by atoms with E-state index >= 15 is 0 Å². The van der Waals surface area contributed by atoms with Gasteiger partial charge in [-0.25, -0.2) is 0 Å². The smallest absolute Gasteiger partial charge is 0.101 e. The van der Waals surface area contributed by atoms with Gasteiger partial charge in [0.1, 0.15) is 6.07 Å². The van der Waals surface area contributed by atoms with Crippen molar-refractivity contribution in [3.8, 4) is 6.07 Å². The highest BCUT2D eigenvalue weighted by Crippen LogP contribution is 2.46. The first-order valence-electron chi connectivity index (χ1n) is 11.1. The number of nitrogens with zero attached hydrogens (tertiary/aromatic N) is 3. The van der Waals surface area contributed by atoms with Gasteiger partial charge in [0.25, 0.3) is 0 Å². The summed E-state index contributed by atoms with van der Waals surface area (Å²) < 4.78 is 0. The van der Waals surface area contributed by atoms with Crippen molar-refractivity contribution in [1.29, 1.82) is 5.26 Å². The molecule has 1 spiro atoms. The molecule has 30 heavy (non-hydrogen) atoms. The Morgan fingerprint density at radius 2 is 1.77 bits per heavy atom. The molecule has 3 nitrogen and oxygen atoms in total. The number of hydrogen-bond donors (Lipinski definition) is 0. The molecule has 2 heterocycles. The minimum atomic E-state index is 0.376. The molecule has 4 heteroatoms. The second-order valence-corrected chi connectivity index (χ2v) is 9.98. The molecule has 1 atom stereocenters. The van der Waals surface area contributed by atoms with E-state index in [-0.39, 0.29) is 0 Å². The largest absolute Gasteiger partial charge is 0.371 e. The maximum Gasteiger partial charge on any atom is 0.101 e. The van der Waals surface area contributed by atoms with Crippen LogP contribution in [0.4, 0.5) is 11.4 Å². The molecule has 158 valence electrons. The zero-order chi connectivity index (χ0) is 21.5. The standard InChI is InChI=1S/C26H32ClN3/c1-18(2)21-5-8-23(9-6-21)29-13-11-26(12-14-29)15-19(3)30(17-26)24-10-7-22(16-28)25(27)20(24)4/h5-10,18-19H,11-15,17H2,1-4H3. The Labute approximate surface area is 186 Å². The summed E-state index contributed by atoms with van der Waals surface area (Å²) in [6.45, 7) is 12.2. The van der Waals surface area contributed by atoms with Crippen LogP contribution < -0.4 is 9.80 Å². The van der Waals surface area contributed by atoms with Gasteiger partial charge in [0.15, 0.2) is 0 Å². The Bertz CT molecular complexity index is 949. The predicted octanol–water partition coefficient (Wildman–Crippen LogP) is 6.53. The quantitative estimate of drug-likeness (QED) is 0.564. The van der Waals surface area contributed by atoms with E-state index in [2.05, 4.69) is 67.0 Å². The van der Waals surface area contributed by atoms with Gasteiger partial charge in [-0.05, 0) is 79.8 Å². The number of rotatable bonds is 3. The molecule has 2 aromatic carbocycles. The highest BCUT2D eigenvalue weighted by Gasteiger charge is 2.44. The summed E-state index contributed by atoms with van der Waals surface area (Å²) in [6, 6.07) is 15.8. The van der Waals surface area contributed by atoms with Crippen molar-refractivity contribution in [3.63, 3.8) is 0 Å². The van der Waals surface area contributed by atoms with Crippen molar-refractivity contribution in [2.45, 2.75) is 58.9 Å². The van der Waals surface area contributed by atoms with Crippen LogP contribution in [-0.2, 0) is 0 Å². The summed E-state index contributed by atoms with van der Waals surface area (Å²) in [6.07, 6.45) is 3.68. The fourth-order valence-electron chi connectivity index (χ4n) is 5.39. The molecule has 1 unspecified atom stereocenters. The van der Waals surface area contributed by atoms with Crippen LogP contribution in [0.25, 0.3) is 0 Å². The zero-order valence-corrected chi connectivity index (χ0v) is 19.3. The lowest BCUT2D eigenvalue weighted by Gasteiger charge is -2.40. The Balaban J connectivity index is 1.47. The lowest BCUT2D eigenvalue weighted by atomic mass is 9.76. The van der Waals surface area contributed by atoms with Crippen molar-refractivity contribution < 1.29 is 0 Å². The van der Waals surface area contributed by atoms with Crippen LogP contribution in [0.1, 0.15) is 62.6 Å². The minimum Gasteiger partial charge on any atom is -0.371 e. The molecule has 0 radical (unpaired) electrons. The summed E-state index contributed by atoms with van der Waals surface area (Å²) in [5.74, 6) is 0.578. The average molecular weight is 422 g/mol. The van der Waals surface area contributed by atoms with Crippen LogP contribution in [0, 0.1) is 23.7 Å². The van der Waals surface area contributed by atoms with E-state index in [1.165, 1.54) is 36.2 Å². The summed E-state index contributed by atoms with van der Waals surface area (Å²) in [7, 11) is 0. The van der Waals surface area contributed by atoms with Crippen molar-refractivity contribution in [1.82, 2.24) is 0 Å². The fraction of sp³-hybridized carbons (Fsp3) is 0.500. The van der Waals surface area contributed by atoms with Crippen LogP contribution >= 0.6 is 11.6 Å². The van der Waals surface area contributed by atoms with E-state index in [9.17, 15) is 5.26 Å². The van der Waals surface area contributed by atoms with Crippen LogP contribution in [0.3, 0.4) is 0 Å². The van der Waals surface area contributed by atoms with E-state index in [0.717, 1.165) is 25.2 Å². The van der Waals surface area contributed by atoms with Gasteiger partial charge in [-0.15, -0.1) is 0 Å². The Morgan fingerprint density at radius 3 is 2.37 bits per heavy atom. The molecule has 4 rings (SSSR count). The molecular weight excluding hydrogens is 390 g/mol.